The number of anilines is 2. The van der Waals surface area contributed by atoms with Gasteiger partial charge in [0.2, 0.25) is 0 Å². The molecule has 84 heavy (non-hydrogen) atoms. The first kappa shape index (κ1) is 67.4. The summed E-state index contributed by atoms with van der Waals surface area (Å²) in [6.45, 7) is 68.1. The Labute approximate surface area is 512 Å². The van der Waals surface area contributed by atoms with Gasteiger partial charge in [0.1, 0.15) is 0 Å². The number of hydrogen-bond acceptors (Lipinski definition) is 2. The van der Waals surface area contributed by atoms with Crippen LogP contribution >= 0.6 is 0 Å². The zero-order valence-corrected chi connectivity index (χ0v) is 58.4. The Morgan fingerprint density at radius 1 is 0.262 bits per heavy atom. The average molecular weight is 1130 g/mol. The lowest BCUT2D eigenvalue weighted by molar-refractivity contribution is -0.133. The van der Waals surface area contributed by atoms with Crippen LogP contribution in [0, 0.1) is 13.8 Å². The summed E-state index contributed by atoms with van der Waals surface area (Å²) < 4.78 is 0. The number of amides is 2. The van der Waals surface area contributed by atoms with Crippen LogP contribution in [0.3, 0.4) is 0 Å². The van der Waals surface area contributed by atoms with Gasteiger partial charge in [-0.25, -0.2) is 0 Å². The van der Waals surface area contributed by atoms with Crippen LogP contribution in [-0.2, 0) is 52.9 Å². The van der Waals surface area contributed by atoms with Crippen LogP contribution in [0.25, 0.3) is 0 Å². The number of carbonyl (C=O) groups is 2. The van der Waals surface area contributed by atoms with Crippen molar-refractivity contribution in [3.63, 3.8) is 0 Å². The fourth-order valence-electron chi connectivity index (χ4n) is 11.5. The Morgan fingerprint density at radius 2 is 0.405 bits per heavy atom. The van der Waals surface area contributed by atoms with E-state index in [4.69, 9.17) is 0 Å². The smallest absolute Gasteiger partial charge is 0.314 e. The normalized spacial score (nSPS) is 14.7. The maximum Gasteiger partial charge on any atom is 0.314 e. The van der Waals surface area contributed by atoms with E-state index in [0.29, 0.717) is 11.4 Å². The summed E-state index contributed by atoms with van der Waals surface area (Å²) in [4.78, 5) is 31.3. The molecule has 0 aliphatic rings. The molecule has 2 amide bonds. The van der Waals surface area contributed by atoms with E-state index in [1.165, 1.54) is 66.8 Å². The molecular weight excluding hydrogens is 1020 g/mol. The van der Waals surface area contributed by atoms with E-state index in [1.807, 2.05) is 0 Å². The first-order chi connectivity index (χ1) is 38.0. The lowest BCUT2D eigenvalue weighted by Gasteiger charge is -2.31. The molecule has 0 heterocycles. The maximum atomic E-state index is 15.6. The molecule has 6 aromatic rings. The van der Waals surface area contributed by atoms with Crippen molar-refractivity contribution >= 4 is 23.2 Å². The Hall–Kier alpha value is -5.74. The van der Waals surface area contributed by atoms with Crippen molar-refractivity contribution in [1.29, 1.82) is 0 Å². The molecular formula is C80H112N2O2. The van der Waals surface area contributed by atoms with Gasteiger partial charge in [-0.3, -0.25) is 9.59 Å². The maximum absolute atomic E-state index is 15.6. The predicted octanol–water partition coefficient (Wildman–Crippen LogP) is 21.9. The van der Waals surface area contributed by atoms with Crippen molar-refractivity contribution in [3.8, 4) is 0 Å². The third kappa shape index (κ3) is 15.6. The predicted molar refractivity (Wildman–Crippen MR) is 365 cm³/mol. The third-order valence-corrected chi connectivity index (χ3v) is 18.0. The summed E-state index contributed by atoms with van der Waals surface area (Å²) in [7, 11) is 0. The van der Waals surface area contributed by atoms with Crippen molar-refractivity contribution in [2.24, 2.45) is 0 Å². The standard InChI is InChI=1S/C80H112N2O2/c1-47-31-65(49(3)53-35-57(73(7,8)9)43-58(36-53)74(10,11)12)69(66(32-47)50(4)54-37-59(75(13,14)15)44-60(38-54)76(16,17)18)81-71(83)72(84)82-70-67(51(5)55-39-61(77(19,20)21)45-62(40-55)78(22,23)24)33-48(2)34-68(70)52(6)56-41-63(79(25,26)27)46-64(42-56)80(28,29)30/h31-46,49-52H,1-30H3,(H,81,83)(H,82,84)/t49-,50?,51?,52?/m0/s1. The quantitative estimate of drug-likeness (QED) is 0.134. The van der Waals surface area contributed by atoms with Crippen molar-refractivity contribution < 1.29 is 9.59 Å². The summed E-state index contributed by atoms with van der Waals surface area (Å²) in [6.07, 6.45) is 0. The second-order valence-electron chi connectivity index (χ2n) is 33.8. The zero-order valence-electron chi connectivity index (χ0n) is 58.4. The minimum absolute atomic E-state index is 0.100. The molecule has 0 bridgehead atoms. The summed E-state index contributed by atoms with van der Waals surface area (Å²) in [5.41, 5.74) is 21.5. The molecule has 0 saturated carbocycles. The number of aryl methyl sites for hydroxylation is 2. The fraction of sp³-hybridized carbons (Fsp3) is 0.525. The molecule has 0 spiro atoms. The lowest BCUT2D eigenvalue weighted by atomic mass is 9.76. The van der Waals surface area contributed by atoms with Crippen molar-refractivity contribution in [2.75, 3.05) is 10.6 Å². The third-order valence-electron chi connectivity index (χ3n) is 18.0. The van der Waals surface area contributed by atoms with Gasteiger partial charge in [0.15, 0.2) is 0 Å². The molecule has 6 aromatic carbocycles. The summed E-state index contributed by atoms with van der Waals surface area (Å²) >= 11 is 0. The Balaban J connectivity index is 1.64. The Bertz CT molecular complexity index is 2850. The van der Waals surface area contributed by atoms with E-state index >= 15 is 9.59 Å². The highest BCUT2D eigenvalue weighted by atomic mass is 16.2. The van der Waals surface area contributed by atoms with E-state index in [-0.39, 0.29) is 67.0 Å². The van der Waals surface area contributed by atoms with Gasteiger partial charge in [0, 0.05) is 35.0 Å². The van der Waals surface area contributed by atoms with E-state index in [9.17, 15) is 0 Å². The number of nitrogens with one attached hydrogen (secondary N) is 2. The number of rotatable bonds is 10. The minimum Gasteiger partial charge on any atom is -0.317 e. The van der Waals surface area contributed by atoms with E-state index in [1.54, 1.807) is 0 Å². The number of hydrogen-bond donors (Lipinski definition) is 2. The van der Waals surface area contributed by atoms with Gasteiger partial charge >= 0.3 is 11.8 Å². The first-order valence-corrected chi connectivity index (χ1v) is 31.5. The van der Waals surface area contributed by atoms with Crippen LogP contribution in [0.15, 0.2) is 97.1 Å². The van der Waals surface area contributed by atoms with Crippen LogP contribution < -0.4 is 10.6 Å². The van der Waals surface area contributed by atoms with Gasteiger partial charge in [-0.15, -0.1) is 0 Å². The molecule has 0 aliphatic heterocycles. The number of benzene rings is 6. The molecule has 0 radical (unpaired) electrons. The van der Waals surface area contributed by atoms with Crippen molar-refractivity contribution in [2.45, 2.75) is 275 Å². The van der Waals surface area contributed by atoms with Gasteiger partial charge in [-0.05, 0) is 146 Å². The summed E-state index contributed by atoms with van der Waals surface area (Å²) in [6, 6.07) is 37.3. The highest BCUT2D eigenvalue weighted by molar-refractivity contribution is 6.44. The lowest BCUT2D eigenvalue weighted by Crippen LogP contribution is -2.31. The second-order valence-corrected chi connectivity index (χ2v) is 33.8. The van der Waals surface area contributed by atoms with Crippen LogP contribution in [-0.4, -0.2) is 11.8 Å². The molecule has 4 heteroatoms. The zero-order chi connectivity index (χ0) is 63.7. The van der Waals surface area contributed by atoms with Crippen molar-refractivity contribution in [3.05, 3.63) is 197 Å². The molecule has 0 saturated heterocycles. The van der Waals surface area contributed by atoms with Crippen LogP contribution in [0.5, 0.6) is 0 Å². The van der Waals surface area contributed by atoms with Gasteiger partial charge in [-0.1, -0.05) is 302 Å². The minimum atomic E-state index is -0.703. The summed E-state index contributed by atoms with van der Waals surface area (Å²) in [5, 5.41) is 6.85. The van der Waals surface area contributed by atoms with Gasteiger partial charge in [-0.2, -0.15) is 0 Å². The molecule has 4 nitrogen and oxygen atoms in total. The van der Waals surface area contributed by atoms with Gasteiger partial charge in [0.25, 0.3) is 0 Å². The number of carbonyl (C=O) groups excluding carboxylic acids is 2. The summed E-state index contributed by atoms with van der Waals surface area (Å²) in [5.74, 6) is -2.00. The Kier molecular flexibility index (Phi) is 18.9. The molecule has 0 fully saturated rings. The van der Waals surface area contributed by atoms with E-state index in [2.05, 4.69) is 315 Å². The SMILES string of the molecule is Cc1cc(C(C)c2cc(C(C)(C)C)cc(C(C)(C)C)c2)c(NC(=O)C(=O)Nc2c(C(C)c3cc(C(C)(C)C)cc(C(C)(C)C)c3)cc(C)cc2[C@@H](C)c2cc(C(C)(C)C)cc(C(C)(C)C)c2)c(C(C)c2cc(C(C)(C)C)cc(C(C)(C)C)c2)c1. The second kappa shape index (κ2) is 23.5. The molecule has 4 atom stereocenters. The highest BCUT2D eigenvalue weighted by Crippen LogP contribution is 2.46. The first-order valence-electron chi connectivity index (χ1n) is 31.5. The largest absolute Gasteiger partial charge is 0.317 e. The molecule has 3 unspecified atom stereocenters. The monoisotopic (exact) mass is 1130 g/mol. The molecule has 2 N–H and O–H groups in total. The van der Waals surface area contributed by atoms with Crippen molar-refractivity contribution in [1.82, 2.24) is 0 Å². The molecule has 454 valence electrons. The fourth-order valence-corrected chi connectivity index (χ4v) is 11.5. The molecule has 0 aliphatic carbocycles. The molecule has 6 rings (SSSR count). The topological polar surface area (TPSA) is 58.2 Å². The van der Waals surface area contributed by atoms with Crippen LogP contribution in [0.4, 0.5) is 11.4 Å². The van der Waals surface area contributed by atoms with Crippen LogP contribution in [0.1, 0.15) is 318 Å². The average Bonchev–Trinajstić information content (AvgIpc) is 2.02. The van der Waals surface area contributed by atoms with Gasteiger partial charge < -0.3 is 10.6 Å². The highest BCUT2D eigenvalue weighted by Gasteiger charge is 2.33. The van der Waals surface area contributed by atoms with E-state index in [0.717, 1.165) is 33.4 Å². The van der Waals surface area contributed by atoms with Crippen LogP contribution in [0.2, 0.25) is 0 Å². The Morgan fingerprint density at radius 3 is 0.536 bits per heavy atom. The van der Waals surface area contributed by atoms with E-state index < -0.39 is 11.8 Å². The van der Waals surface area contributed by atoms with Gasteiger partial charge in [0.05, 0.1) is 0 Å². The molecule has 0 aromatic heterocycles.